The number of fused-ring (bicyclic) bond motifs is 1. The number of rotatable bonds is 5. The van der Waals surface area contributed by atoms with Crippen LogP contribution in [0.5, 0.6) is 5.75 Å². The maximum atomic E-state index is 12.2. The first-order valence-electron chi connectivity index (χ1n) is 8.83. The number of benzene rings is 3. The lowest BCUT2D eigenvalue weighted by Crippen LogP contribution is -2.20. The summed E-state index contributed by atoms with van der Waals surface area (Å²) in [5.74, 6) is 0.131. The van der Waals surface area contributed by atoms with Gasteiger partial charge in [-0.2, -0.15) is 0 Å². The number of nitrogens with zero attached hydrogens (tertiary/aromatic N) is 1. The molecule has 4 nitrogen and oxygen atoms in total. The minimum atomic E-state index is -0.278. The summed E-state index contributed by atoms with van der Waals surface area (Å²) in [5.41, 5.74) is 3.88. The van der Waals surface area contributed by atoms with Crippen molar-refractivity contribution in [2.24, 2.45) is 0 Å². The molecule has 4 rings (SSSR count). The average Bonchev–Trinajstić information content (AvgIpc) is 3.11. The van der Waals surface area contributed by atoms with E-state index < -0.39 is 0 Å². The molecule has 0 atom stereocenters. The Hall–Kier alpha value is -2.60. The number of anilines is 1. The average molecular weight is 443 g/mol. The molecule has 1 heterocycles. The van der Waals surface area contributed by atoms with Crippen molar-refractivity contribution >= 4 is 56.3 Å². The van der Waals surface area contributed by atoms with Gasteiger partial charge in [0.2, 0.25) is 0 Å². The fourth-order valence-electron chi connectivity index (χ4n) is 2.79. The van der Waals surface area contributed by atoms with Gasteiger partial charge in [-0.05, 0) is 67.1 Å². The molecule has 29 heavy (non-hydrogen) atoms. The molecule has 0 saturated heterocycles. The maximum absolute atomic E-state index is 12.2. The van der Waals surface area contributed by atoms with Crippen molar-refractivity contribution in [3.63, 3.8) is 0 Å². The van der Waals surface area contributed by atoms with Crippen LogP contribution in [-0.4, -0.2) is 17.5 Å². The Bertz CT molecular complexity index is 1190. The Morgan fingerprint density at radius 3 is 2.62 bits per heavy atom. The standard InChI is InChI=1S/C22H16Cl2N2O2S/c1-13-2-9-20-18(10-13)26-22(29-20)14-3-6-16(7-4-14)25-21(27)12-28-19-8-5-15(23)11-17(19)24/h2-11H,12H2,1H3,(H,25,27). The molecule has 0 aliphatic rings. The Morgan fingerprint density at radius 1 is 1.07 bits per heavy atom. The molecule has 3 aromatic carbocycles. The lowest BCUT2D eigenvalue weighted by molar-refractivity contribution is -0.118. The van der Waals surface area contributed by atoms with Crippen LogP contribution in [0.3, 0.4) is 0 Å². The third kappa shape index (κ3) is 4.70. The number of hydrogen-bond donors (Lipinski definition) is 1. The molecule has 0 fully saturated rings. The zero-order chi connectivity index (χ0) is 20.4. The molecule has 0 aliphatic carbocycles. The summed E-state index contributed by atoms with van der Waals surface area (Å²) >= 11 is 13.5. The molecule has 146 valence electrons. The third-order valence-corrected chi connectivity index (χ3v) is 5.83. The van der Waals surface area contributed by atoms with Crippen LogP contribution in [-0.2, 0) is 4.79 Å². The molecule has 0 spiro atoms. The first-order chi connectivity index (χ1) is 14.0. The van der Waals surface area contributed by atoms with E-state index in [0.29, 0.717) is 21.5 Å². The van der Waals surface area contributed by atoms with E-state index in [2.05, 4.69) is 30.4 Å². The first-order valence-corrected chi connectivity index (χ1v) is 10.4. The Labute approximate surface area is 182 Å². The van der Waals surface area contributed by atoms with Crippen LogP contribution in [0, 0.1) is 6.92 Å². The quantitative estimate of drug-likeness (QED) is 0.378. The van der Waals surface area contributed by atoms with E-state index in [1.54, 1.807) is 29.5 Å². The number of ether oxygens (including phenoxy) is 1. The fourth-order valence-corrected chi connectivity index (χ4v) is 4.20. The van der Waals surface area contributed by atoms with Crippen LogP contribution in [0.25, 0.3) is 20.8 Å². The van der Waals surface area contributed by atoms with E-state index in [1.165, 1.54) is 5.56 Å². The SMILES string of the molecule is Cc1ccc2sc(-c3ccc(NC(=O)COc4ccc(Cl)cc4Cl)cc3)nc2c1. The van der Waals surface area contributed by atoms with E-state index in [-0.39, 0.29) is 12.5 Å². The molecule has 1 amide bonds. The number of halogens is 2. The van der Waals surface area contributed by atoms with Crippen molar-refractivity contribution < 1.29 is 9.53 Å². The van der Waals surface area contributed by atoms with Crippen molar-refractivity contribution in [2.75, 3.05) is 11.9 Å². The van der Waals surface area contributed by atoms with E-state index >= 15 is 0 Å². The number of carbonyl (C=O) groups is 1. The molecule has 1 N–H and O–H groups in total. The molecule has 4 aromatic rings. The second-order valence-corrected chi connectivity index (χ2v) is 8.35. The monoisotopic (exact) mass is 442 g/mol. The number of aromatic nitrogens is 1. The van der Waals surface area contributed by atoms with Gasteiger partial charge in [0.1, 0.15) is 10.8 Å². The predicted molar refractivity (Wildman–Crippen MR) is 120 cm³/mol. The lowest BCUT2D eigenvalue weighted by Gasteiger charge is -2.09. The zero-order valence-electron chi connectivity index (χ0n) is 15.4. The van der Waals surface area contributed by atoms with E-state index in [1.807, 2.05) is 24.3 Å². The summed E-state index contributed by atoms with van der Waals surface area (Å²) in [6.07, 6.45) is 0. The van der Waals surface area contributed by atoms with Gasteiger partial charge in [0.25, 0.3) is 5.91 Å². The first kappa shape index (κ1) is 19.7. The van der Waals surface area contributed by atoms with Crippen molar-refractivity contribution in [3.8, 4) is 16.3 Å². The van der Waals surface area contributed by atoms with Crippen molar-refractivity contribution in [1.29, 1.82) is 0 Å². The summed E-state index contributed by atoms with van der Waals surface area (Å²) in [6, 6.07) is 18.7. The highest BCUT2D eigenvalue weighted by Gasteiger charge is 2.09. The normalized spacial score (nSPS) is 10.9. The number of aryl methyl sites for hydroxylation is 1. The van der Waals surface area contributed by atoms with Crippen LogP contribution < -0.4 is 10.1 Å². The summed E-state index contributed by atoms with van der Waals surface area (Å²) in [6.45, 7) is 1.90. The van der Waals surface area contributed by atoms with Gasteiger partial charge in [-0.15, -0.1) is 11.3 Å². The fraction of sp³-hybridized carbons (Fsp3) is 0.0909. The minimum Gasteiger partial charge on any atom is -0.482 e. The van der Waals surface area contributed by atoms with Gasteiger partial charge in [0.15, 0.2) is 6.61 Å². The van der Waals surface area contributed by atoms with Crippen LogP contribution in [0.2, 0.25) is 10.0 Å². The molecule has 0 saturated carbocycles. The van der Waals surface area contributed by atoms with E-state index in [0.717, 1.165) is 20.8 Å². The Morgan fingerprint density at radius 2 is 1.86 bits per heavy atom. The Balaban J connectivity index is 1.40. The number of carbonyl (C=O) groups excluding carboxylic acids is 1. The van der Waals surface area contributed by atoms with Crippen molar-refractivity contribution in [2.45, 2.75) is 6.92 Å². The smallest absolute Gasteiger partial charge is 0.262 e. The summed E-state index contributed by atoms with van der Waals surface area (Å²) < 4.78 is 6.60. The topological polar surface area (TPSA) is 51.2 Å². The highest BCUT2D eigenvalue weighted by molar-refractivity contribution is 7.21. The molecule has 1 aromatic heterocycles. The molecule has 7 heteroatoms. The van der Waals surface area contributed by atoms with Gasteiger partial charge < -0.3 is 10.1 Å². The van der Waals surface area contributed by atoms with Crippen molar-refractivity contribution in [3.05, 3.63) is 76.3 Å². The van der Waals surface area contributed by atoms with Crippen LogP contribution in [0.1, 0.15) is 5.56 Å². The van der Waals surface area contributed by atoms with Gasteiger partial charge in [0.05, 0.1) is 15.2 Å². The highest BCUT2D eigenvalue weighted by atomic mass is 35.5. The second kappa shape index (κ2) is 8.41. The van der Waals surface area contributed by atoms with Gasteiger partial charge >= 0.3 is 0 Å². The summed E-state index contributed by atoms with van der Waals surface area (Å²) in [4.78, 5) is 16.9. The lowest BCUT2D eigenvalue weighted by atomic mass is 10.2. The second-order valence-electron chi connectivity index (χ2n) is 6.48. The van der Waals surface area contributed by atoms with E-state index in [9.17, 15) is 4.79 Å². The van der Waals surface area contributed by atoms with Crippen LogP contribution in [0.4, 0.5) is 5.69 Å². The molecular weight excluding hydrogens is 427 g/mol. The molecular formula is C22H16Cl2N2O2S. The van der Waals surface area contributed by atoms with E-state index in [4.69, 9.17) is 32.9 Å². The number of amides is 1. The number of nitrogens with one attached hydrogen (secondary N) is 1. The predicted octanol–water partition coefficient (Wildman–Crippen LogP) is 6.60. The molecule has 0 bridgehead atoms. The van der Waals surface area contributed by atoms with Gasteiger partial charge in [-0.1, -0.05) is 29.3 Å². The molecule has 0 radical (unpaired) electrons. The van der Waals surface area contributed by atoms with Gasteiger partial charge in [-0.25, -0.2) is 4.98 Å². The minimum absolute atomic E-state index is 0.152. The molecule has 0 unspecified atom stereocenters. The number of thiazole rings is 1. The third-order valence-electron chi connectivity index (χ3n) is 4.21. The van der Waals surface area contributed by atoms with Gasteiger partial charge in [-0.3, -0.25) is 4.79 Å². The molecule has 0 aliphatic heterocycles. The zero-order valence-corrected chi connectivity index (χ0v) is 17.7. The number of hydrogen-bond acceptors (Lipinski definition) is 4. The van der Waals surface area contributed by atoms with Crippen LogP contribution in [0.15, 0.2) is 60.7 Å². The largest absolute Gasteiger partial charge is 0.482 e. The summed E-state index contributed by atoms with van der Waals surface area (Å²) in [7, 11) is 0. The van der Waals surface area contributed by atoms with Crippen molar-refractivity contribution in [1.82, 2.24) is 4.98 Å². The maximum Gasteiger partial charge on any atom is 0.262 e. The van der Waals surface area contributed by atoms with Gasteiger partial charge in [0, 0.05) is 16.3 Å². The van der Waals surface area contributed by atoms with Crippen LogP contribution >= 0.6 is 34.5 Å². The highest BCUT2D eigenvalue weighted by Crippen LogP contribution is 2.31. The Kier molecular flexibility index (Phi) is 5.72. The summed E-state index contributed by atoms with van der Waals surface area (Å²) in [5, 5.41) is 4.63.